The summed E-state index contributed by atoms with van der Waals surface area (Å²) in [6.07, 6.45) is 0. The Morgan fingerprint density at radius 1 is 1.15 bits per heavy atom. The van der Waals surface area contributed by atoms with Crippen LogP contribution in [0.3, 0.4) is 0 Å². The third-order valence-corrected chi connectivity index (χ3v) is 2.09. The SMILES string of the molecule is CN(C)c1cc(Cl)c(O)c(Cl)c1.Cl. The minimum absolute atomic E-state index is 0. The molecule has 0 bridgehead atoms. The molecule has 0 spiro atoms. The van der Waals surface area contributed by atoms with Gasteiger partial charge in [0, 0.05) is 19.8 Å². The molecular weight excluding hydrogens is 232 g/mol. The molecule has 0 aliphatic heterocycles. The van der Waals surface area contributed by atoms with Gasteiger partial charge in [0.2, 0.25) is 0 Å². The lowest BCUT2D eigenvalue weighted by Gasteiger charge is -2.13. The summed E-state index contributed by atoms with van der Waals surface area (Å²) in [6.45, 7) is 0. The minimum atomic E-state index is -0.0658. The molecule has 0 aromatic heterocycles. The van der Waals surface area contributed by atoms with Gasteiger partial charge in [-0.3, -0.25) is 0 Å². The van der Waals surface area contributed by atoms with Crippen LogP contribution in [0.4, 0.5) is 5.69 Å². The maximum atomic E-state index is 9.23. The fraction of sp³-hybridized carbons (Fsp3) is 0.250. The zero-order valence-electron chi connectivity index (χ0n) is 7.21. The van der Waals surface area contributed by atoms with Crippen molar-refractivity contribution in [1.29, 1.82) is 0 Å². The van der Waals surface area contributed by atoms with E-state index < -0.39 is 0 Å². The van der Waals surface area contributed by atoms with Crippen LogP contribution in [0.1, 0.15) is 0 Å². The molecule has 5 heteroatoms. The number of phenols is 1. The molecule has 0 aliphatic rings. The molecule has 1 aromatic rings. The average Bonchev–Trinajstić information content (AvgIpc) is 1.99. The lowest BCUT2D eigenvalue weighted by Crippen LogP contribution is -2.08. The highest BCUT2D eigenvalue weighted by molar-refractivity contribution is 6.37. The molecule has 0 radical (unpaired) electrons. The predicted octanol–water partition coefficient (Wildman–Crippen LogP) is 3.19. The average molecular weight is 243 g/mol. The molecule has 0 amide bonds. The molecule has 1 aromatic carbocycles. The molecule has 0 atom stereocenters. The standard InChI is InChI=1S/C8H9Cl2NO.ClH/c1-11(2)5-3-6(9)8(12)7(10)4-5;/h3-4,12H,1-2H3;1H. The van der Waals surface area contributed by atoms with E-state index in [0.29, 0.717) is 0 Å². The third-order valence-electron chi connectivity index (χ3n) is 1.52. The summed E-state index contributed by atoms with van der Waals surface area (Å²) >= 11 is 11.4. The highest BCUT2D eigenvalue weighted by Gasteiger charge is 2.06. The summed E-state index contributed by atoms with van der Waals surface area (Å²) in [5.41, 5.74) is 0.864. The first-order valence-electron chi connectivity index (χ1n) is 3.37. The highest BCUT2D eigenvalue weighted by atomic mass is 35.5. The maximum Gasteiger partial charge on any atom is 0.152 e. The van der Waals surface area contributed by atoms with Crippen LogP contribution in [-0.4, -0.2) is 19.2 Å². The molecule has 2 nitrogen and oxygen atoms in total. The van der Waals surface area contributed by atoms with Crippen LogP contribution in [0.5, 0.6) is 5.75 Å². The van der Waals surface area contributed by atoms with E-state index in [1.165, 1.54) is 0 Å². The van der Waals surface area contributed by atoms with Gasteiger partial charge in [0.15, 0.2) is 5.75 Å². The van der Waals surface area contributed by atoms with Crippen LogP contribution in [0.15, 0.2) is 12.1 Å². The first-order valence-corrected chi connectivity index (χ1v) is 4.13. The number of hydrogen-bond acceptors (Lipinski definition) is 2. The number of rotatable bonds is 1. The molecule has 1 N–H and O–H groups in total. The van der Waals surface area contributed by atoms with Crippen LogP contribution in [0, 0.1) is 0 Å². The second-order valence-corrected chi connectivity index (χ2v) is 3.47. The van der Waals surface area contributed by atoms with E-state index in [-0.39, 0.29) is 28.2 Å². The van der Waals surface area contributed by atoms with Crippen LogP contribution in [0.2, 0.25) is 10.0 Å². The van der Waals surface area contributed by atoms with Gasteiger partial charge in [-0.15, -0.1) is 12.4 Å². The van der Waals surface area contributed by atoms with Crippen molar-refractivity contribution < 1.29 is 5.11 Å². The number of phenolic OH excluding ortho intramolecular Hbond substituents is 1. The van der Waals surface area contributed by atoms with E-state index in [0.717, 1.165) is 5.69 Å². The smallest absolute Gasteiger partial charge is 0.152 e. The molecule has 0 heterocycles. The van der Waals surface area contributed by atoms with Crippen LogP contribution in [-0.2, 0) is 0 Å². The number of benzene rings is 1. The second kappa shape index (κ2) is 4.80. The van der Waals surface area contributed by atoms with Crippen LogP contribution < -0.4 is 4.90 Å². The van der Waals surface area contributed by atoms with Crippen molar-refractivity contribution in [3.63, 3.8) is 0 Å². The zero-order chi connectivity index (χ0) is 9.30. The lowest BCUT2D eigenvalue weighted by molar-refractivity contribution is 0.476. The van der Waals surface area contributed by atoms with Crippen LogP contribution >= 0.6 is 35.6 Å². The molecular formula is C8H10Cl3NO. The summed E-state index contributed by atoms with van der Waals surface area (Å²) in [5.74, 6) is -0.0658. The number of anilines is 1. The van der Waals surface area contributed by atoms with Crippen molar-refractivity contribution in [3.05, 3.63) is 22.2 Å². The highest BCUT2D eigenvalue weighted by Crippen LogP contribution is 2.35. The van der Waals surface area contributed by atoms with Crippen molar-refractivity contribution in [1.82, 2.24) is 0 Å². The summed E-state index contributed by atoms with van der Waals surface area (Å²) in [7, 11) is 3.75. The summed E-state index contributed by atoms with van der Waals surface area (Å²) in [4.78, 5) is 1.86. The van der Waals surface area contributed by atoms with E-state index in [9.17, 15) is 5.11 Å². The molecule has 13 heavy (non-hydrogen) atoms. The quantitative estimate of drug-likeness (QED) is 0.817. The first-order chi connectivity index (χ1) is 5.52. The van der Waals surface area contributed by atoms with Crippen molar-refractivity contribution in [2.75, 3.05) is 19.0 Å². The van der Waals surface area contributed by atoms with Gasteiger partial charge >= 0.3 is 0 Å². The summed E-state index contributed by atoms with van der Waals surface area (Å²) < 4.78 is 0. The molecule has 0 fully saturated rings. The Morgan fingerprint density at radius 3 is 1.85 bits per heavy atom. The molecule has 0 saturated carbocycles. The normalized spacial score (nSPS) is 9.23. The topological polar surface area (TPSA) is 23.5 Å². The van der Waals surface area contributed by atoms with E-state index in [4.69, 9.17) is 23.2 Å². The monoisotopic (exact) mass is 241 g/mol. The Bertz CT molecular complexity index is 278. The second-order valence-electron chi connectivity index (χ2n) is 2.65. The maximum absolute atomic E-state index is 9.23. The number of hydrogen-bond donors (Lipinski definition) is 1. The Labute approximate surface area is 93.5 Å². The van der Waals surface area contributed by atoms with Crippen molar-refractivity contribution in [2.24, 2.45) is 0 Å². The number of nitrogens with zero attached hydrogens (tertiary/aromatic N) is 1. The summed E-state index contributed by atoms with van der Waals surface area (Å²) in [6, 6.07) is 3.31. The largest absolute Gasteiger partial charge is 0.505 e. The van der Waals surface area contributed by atoms with E-state index in [2.05, 4.69) is 0 Å². The Balaban J connectivity index is 0.00000144. The molecule has 1 rings (SSSR count). The van der Waals surface area contributed by atoms with Crippen molar-refractivity contribution in [2.45, 2.75) is 0 Å². The molecule has 0 aliphatic carbocycles. The van der Waals surface area contributed by atoms with Crippen molar-refractivity contribution in [3.8, 4) is 5.75 Å². The van der Waals surface area contributed by atoms with Gasteiger partial charge < -0.3 is 10.0 Å². The van der Waals surface area contributed by atoms with Gasteiger partial charge in [-0.05, 0) is 12.1 Å². The fourth-order valence-electron chi connectivity index (χ4n) is 0.810. The van der Waals surface area contributed by atoms with Gasteiger partial charge in [0.1, 0.15) is 0 Å². The Hall–Kier alpha value is -0.310. The van der Waals surface area contributed by atoms with Gasteiger partial charge in [0.25, 0.3) is 0 Å². The lowest BCUT2D eigenvalue weighted by atomic mass is 10.3. The third kappa shape index (κ3) is 2.83. The predicted molar refractivity (Wildman–Crippen MR) is 59.7 cm³/mol. The Morgan fingerprint density at radius 2 is 1.54 bits per heavy atom. The van der Waals surface area contributed by atoms with Crippen LogP contribution in [0.25, 0.3) is 0 Å². The number of halogens is 3. The van der Waals surface area contributed by atoms with E-state index in [1.807, 2.05) is 19.0 Å². The molecule has 0 saturated heterocycles. The summed E-state index contributed by atoms with van der Waals surface area (Å²) in [5, 5.41) is 9.77. The Kier molecular flexibility index (Phi) is 4.68. The number of aromatic hydroxyl groups is 1. The van der Waals surface area contributed by atoms with Gasteiger partial charge in [-0.25, -0.2) is 0 Å². The van der Waals surface area contributed by atoms with Gasteiger partial charge in [-0.1, -0.05) is 23.2 Å². The zero-order valence-corrected chi connectivity index (χ0v) is 9.54. The first kappa shape index (κ1) is 12.7. The van der Waals surface area contributed by atoms with Crippen molar-refractivity contribution >= 4 is 41.3 Å². The molecule has 0 unspecified atom stereocenters. The van der Waals surface area contributed by atoms with E-state index >= 15 is 0 Å². The molecule has 74 valence electrons. The van der Waals surface area contributed by atoms with E-state index in [1.54, 1.807) is 12.1 Å². The fourth-order valence-corrected chi connectivity index (χ4v) is 1.29. The van der Waals surface area contributed by atoms with Gasteiger partial charge in [0.05, 0.1) is 10.0 Å². The van der Waals surface area contributed by atoms with Gasteiger partial charge in [-0.2, -0.15) is 0 Å². The minimum Gasteiger partial charge on any atom is -0.505 e.